The van der Waals surface area contributed by atoms with E-state index in [-0.39, 0.29) is 11.0 Å². The van der Waals surface area contributed by atoms with Gasteiger partial charge in [-0.05, 0) is 66.5 Å². The molecule has 0 heterocycles. The van der Waals surface area contributed by atoms with Gasteiger partial charge in [-0.25, -0.2) is 0 Å². The number of anilines is 1. The zero-order valence-corrected chi connectivity index (χ0v) is 19.3. The van der Waals surface area contributed by atoms with Crippen molar-refractivity contribution < 1.29 is 0 Å². The molecule has 0 fully saturated rings. The Hall–Kier alpha value is -1.21. The van der Waals surface area contributed by atoms with E-state index in [4.69, 9.17) is 11.6 Å². The first kappa shape index (κ1) is 22.1. The molecule has 0 atom stereocenters. The molecule has 0 spiro atoms. The van der Waals surface area contributed by atoms with E-state index in [0.29, 0.717) is 17.7 Å². The molecule has 2 rings (SSSR count). The molecule has 0 aromatic heterocycles. The first-order chi connectivity index (χ1) is 12.5. The van der Waals surface area contributed by atoms with Gasteiger partial charge in [-0.1, -0.05) is 65.8 Å². The Balaban J connectivity index is 2.53. The highest BCUT2D eigenvalue weighted by Crippen LogP contribution is 2.39. The summed E-state index contributed by atoms with van der Waals surface area (Å²) in [4.78, 5) is 0. The van der Waals surface area contributed by atoms with Gasteiger partial charge < -0.3 is 5.32 Å². The minimum atomic E-state index is -0.0126. The largest absolute Gasteiger partial charge is 0.379 e. The van der Waals surface area contributed by atoms with Crippen molar-refractivity contribution in [3.63, 3.8) is 0 Å². The number of rotatable bonds is 8. The van der Waals surface area contributed by atoms with Crippen molar-refractivity contribution in [3.8, 4) is 0 Å². The van der Waals surface area contributed by atoms with E-state index < -0.39 is 0 Å². The van der Waals surface area contributed by atoms with Crippen LogP contribution in [0.5, 0.6) is 0 Å². The van der Waals surface area contributed by atoms with E-state index >= 15 is 0 Å². The fraction of sp³-hybridized carbons (Fsp3) is 0.600. The first-order valence-corrected chi connectivity index (χ1v) is 10.9. The van der Waals surface area contributed by atoms with Gasteiger partial charge in [0.25, 0.3) is 0 Å². The lowest BCUT2D eigenvalue weighted by Crippen LogP contribution is -2.37. The lowest BCUT2D eigenvalue weighted by molar-refractivity contribution is 0.265. The van der Waals surface area contributed by atoms with Crippen LogP contribution < -0.4 is 5.32 Å². The van der Waals surface area contributed by atoms with Gasteiger partial charge in [0.2, 0.25) is 0 Å². The van der Waals surface area contributed by atoms with Crippen molar-refractivity contribution in [2.45, 2.75) is 85.6 Å². The van der Waals surface area contributed by atoms with Gasteiger partial charge in [0.1, 0.15) is 0 Å². The average molecular weight is 388 g/mol. The summed E-state index contributed by atoms with van der Waals surface area (Å²) in [6.07, 6.45) is 2.11. The van der Waals surface area contributed by atoms with Crippen molar-refractivity contribution in [2.75, 3.05) is 11.2 Å². The Morgan fingerprint density at radius 1 is 0.926 bits per heavy atom. The maximum atomic E-state index is 6.05. The van der Waals surface area contributed by atoms with E-state index in [9.17, 15) is 0 Å². The molecule has 0 aliphatic heterocycles. The first-order valence-electron chi connectivity index (χ1n) is 10.4. The number of nitrogens with one attached hydrogen (secondary N) is 1. The van der Waals surface area contributed by atoms with Gasteiger partial charge in [-0.2, -0.15) is 0 Å². The molecule has 0 bridgehead atoms. The van der Waals surface area contributed by atoms with Crippen LogP contribution in [0.2, 0.25) is 0 Å². The highest BCUT2D eigenvalue weighted by Gasteiger charge is 2.29. The molecular formula is C25H38ClN. The maximum Gasteiger partial charge on any atom is 0.0459 e. The second-order valence-corrected chi connectivity index (χ2v) is 10.5. The number of fused-ring (bicyclic) bond motifs is 1. The van der Waals surface area contributed by atoms with Crippen LogP contribution in [0.4, 0.5) is 5.69 Å². The molecule has 0 amide bonds. The Labute approximate surface area is 171 Å². The smallest absolute Gasteiger partial charge is 0.0459 e. The molecule has 0 unspecified atom stereocenters. The van der Waals surface area contributed by atoms with Crippen LogP contribution in [0.25, 0.3) is 10.8 Å². The van der Waals surface area contributed by atoms with Crippen LogP contribution in [0.1, 0.15) is 91.2 Å². The molecule has 2 aromatic carbocycles. The van der Waals surface area contributed by atoms with Crippen LogP contribution in [-0.4, -0.2) is 11.4 Å². The summed E-state index contributed by atoms with van der Waals surface area (Å²) >= 11 is 6.05. The Morgan fingerprint density at radius 3 is 2.11 bits per heavy atom. The highest BCUT2D eigenvalue weighted by molar-refractivity contribution is 6.17. The van der Waals surface area contributed by atoms with Crippen molar-refractivity contribution in [3.05, 3.63) is 41.5 Å². The summed E-state index contributed by atoms with van der Waals surface area (Å²) in [5.41, 5.74) is 4.29. The molecular weight excluding hydrogens is 350 g/mol. The molecule has 150 valence electrons. The molecule has 1 N–H and O–H groups in total. The fourth-order valence-electron chi connectivity index (χ4n) is 4.26. The highest BCUT2D eigenvalue weighted by atomic mass is 35.5. The van der Waals surface area contributed by atoms with Gasteiger partial charge in [-0.3, -0.25) is 0 Å². The third kappa shape index (κ3) is 5.64. The molecule has 0 radical (unpaired) electrons. The molecule has 2 aromatic rings. The van der Waals surface area contributed by atoms with Crippen LogP contribution >= 0.6 is 11.6 Å². The average Bonchev–Trinajstić information content (AvgIpc) is 2.52. The number of hydrogen-bond donors (Lipinski definition) is 1. The van der Waals surface area contributed by atoms with Gasteiger partial charge in [0, 0.05) is 22.5 Å². The molecule has 2 heteroatoms. The summed E-state index contributed by atoms with van der Waals surface area (Å²) in [6, 6.07) is 11.5. The Kier molecular flexibility index (Phi) is 6.90. The summed E-state index contributed by atoms with van der Waals surface area (Å²) in [7, 11) is 0. The predicted octanol–water partition coefficient (Wildman–Crippen LogP) is 8.32. The van der Waals surface area contributed by atoms with Gasteiger partial charge in [0.05, 0.1) is 0 Å². The quantitative estimate of drug-likeness (QED) is 0.449. The SMILES string of the molecule is CC(C)c1ccc2ccc(C(C)C)c(NC(C)(C)CC(C)(C)CCCl)c2c1. The standard InChI is InChI=1S/C25H38ClN/c1-17(2)20-10-9-19-11-12-21(18(3)4)23(22(19)15-20)27-25(7,8)16-24(5,6)13-14-26/h9-12,15,17-18,27H,13-14,16H2,1-8H3. The third-order valence-corrected chi connectivity index (χ3v) is 5.71. The monoisotopic (exact) mass is 387 g/mol. The van der Waals surface area contributed by atoms with Crippen molar-refractivity contribution in [2.24, 2.45) is 5.41 Å². The minimum absolute atomic E-state index is 0.0126. The topological polar surface area (TPSA) is 12.0 Å². The molecule has 0 aliphatic carbocycles. The normalized spacial score (nSPS) is 13.0. The second kappa shape index (κ2) is 8.43. The zero-order chi connectivity index (χ0) is 20.4. The van der Waals surface area contributed by atoms with Crippen LogP contribution in [0.3, 0.4) is 0 Å². The fourth-order valence-corrected chi connectivity index (χ4v) is 4.77. The van der Waals surface area contributed by atoms with Crippen LogP contribution in [0, 0.1) is 5.41 Å². The van der Waals surface area contributed by atoms with E-state index in [0.717, 1.165) is 12.8 Å². The molecule has 1 nitrogen and oxygen atoms in total. The van der Waals surface area contributed by atoms with Gasteiger partial charge in [-0.15, -0.1) is 11.6 Å². The second-order valence-electron chi connectivity index (χ2n) is 10.1. The molecule has 0 aliphatic rings. The summed E-state index contributed by atoms with van der Waals surface area (Å²) < 4.78 is 0. The number of benzene rings is 2. The van der Waals surface area contributed by atoms with Gasteiger partial charge >= 0.3 is 0 Å². The van der Waals surface area contributed by atoms with E-state index in [1.165, 1.54) is 27.6 Å². The summed E-state index contributed by atoms with van der Waals surface area (Å²) in [6.45, 7) is 18.4. The van der Waals surface area contributed by atoms with Gasteiger partial charge in [0.15, 0.2) is 0 Å². The number of alkyl halides is 1. The Bertz CT molecular complexity index is 766. The molecule has 27 heavy (non-hydrogen) atoms. The summed E-state index contributed by atoms with van der Waals surface area (Å²) in [5, 5.41) is 6.60. The lowest BCUT2D eigenvalue weighted by Gasteiger charge is -2.37. The lowest BCUT2D eigenvalue weighted by atomic mass is 9.78. The maximum absolute atomic E-state index is 6.05. The minimum Gasteiger partial charge on any atom is -0.379 e. The van der Waals surface area contributed by atoms with Crippen molar-refractivity contribution >= 4 is 28.1 Å². The van der Waals surface area contributed by atoms with Crippen molar-refractivity contribution in [1.82, 2.24) is 0 Å². The zero-order valence-electron chi connectivity index (χ0n) is 18.5. The predicted molar refractivity (Wildman–Crippen MR) is 124 cm³/mol. The van der Waals surface area contributed by atoms with Crippen LogP contribution in [-0.2, 0) is 0 Å². The third-order valence-electron chi connectivity index (χ3n) is 5.52. The van der Waals surface area contributed by atoms with E-state index in [2.05, 4.69) is 91.0 Å². The Morgan fingerprint density at radius 2 is 1.56 bits per heavy atom. The number of hydrogen-bond acceptors (Lipinski definition) is 1. The summed E-state index contributed by atoms with van der Waals surface area (Å²) in [5.74, 6) is 1.72. The van der Waals surface area contributed by atoms with E-state index in [1.807, 2.05) is 0 Å². The molecule has 0 saturated heterocycles. The molecule has 0 saturated carbocycles. The number of halogens is 1. The van der Waals surface area contributed by atoms with Crippen molar-refractivity contribution in [1.29, 1.82) is 0 Å². The van der Waals surface area contributed by atoms with Crippen LogP contribution in [0.15, 0.2) is 30.3 Å². The van der Waals surface area contributed by atoms with E-state index in [1.54, 1.807) is 0 Å².